The smallest absolute Gasteiger partial charge is 0.0490 e. The van der Waals surface area contributed by atoms with Crippen molar-refractivity contribution in [3.05, 3.63) is 228 Å². The number of hydrogen-bond donors (Lipinski definition) is 0. The van der Waals surface area contributed by atoms with Gasteiger partial charge >= 0.3 is 0 Å². The van der Waals surface area contributed by atoms with Gasteiger partial charge < -0.3 is 9.80 Å². The average Bonchev–Trinajstić information content (AvgIpc) is 3.47. The van der Waals surface area contributed by atoms with Crippen molar-refractivity contribution in [1.82, 2.24) is 0 Å². The fourth-order valence-electron chi connectivity index (χ4n) is 8.19. The largest absolute Gasteiger partial charge is 0.310 e. The van der Waals surface area contributed by atoms with Crippen molar-refractivity contribution < 1.29 is 0 Å². The molecule has 0 atom stereocenters. The van der Waals surface area contributed by atoms with Crippen LogP contribution in [0, 0.1) is 6.92 Å². The lowest BCUT2D eigenvalue weighted by molar-refractivity contribution is 0.660. The zero-order valence-corrected chi connectivity index (χ0v) is 32.1. The minimum Gasteiger partial charge on any atom is -0.310 e. The highest BCUT2D eigenvalue weighted by Gasteiger charge is 2.36. The molecule has 2 nitrogen and oxygen atoms in total. The summed E-state index contributed by atoms with van der Waals surface area (Å²) in [5, 5.41) is 0. The zero-order valence-electron chi connectivity index (χ0n) is 32.1. The second-order valence-corrected chi connectivity index (χ2v) is 15.1. The molecule has 0 bridgehead atoms. The first-order valence-electron chi connectivity index (χ1n) is 19.4. The lowest BCUT2D eigenvalue weighted by Gasteiger charge is -2.28. The number of fused-ring (bicyclic) bond motifs is 3. The number of para-hydroxylation sites is 3. The highest BCUT2D eigenvalue weighted by atomic mass is 15.1. The minimum absolute atomic E-state index is 0.149. The highest BCUT2D eigenvalue weighted by molar-refractivity contribution is 5.87. The second-order valence-electron chi connectivity index (χ2n) is 15.1. The van der Waals surface area contributed by atoms with Crippen LogP contribution in [0.25, 0.3) is 34.4 Å². The molecule has 0 spiro atoms. The summed E-state index contributed by atoms with van der Waals surface area (Å²) < 4.78 is 0. The normalized spacial score (nSPS) is 12.6. The standard InChI is InChI=1S/C54H44N2/c1-39-15-13-14-22-53(39)56(47-32-28-43(29-33-47)42-16-7-4-8-17-42)46-30-25-40(26-31-46)23-24-41-27-35-49-50-36-34-48(38-52(50)54(2,3)51(49)37-41)55(44-18-9-5-10-19-44)45-20-11-6-12-21-45/h4-38H,1-3H3/b24-23+. The van der Waals surface area contributed by atoms with Crippen molar-refractivity contribution in [2.24, 2.45) is 0 Å². The van der Waals surface area contributed by atoms with Crippen LogP contribution in [0.1, 0.15) is 41.7 Å². The lowest BCUT2D eigenvalue weighted by Crippen LogP contribution is -2.16. The molecule has 9 rings (SSSR count). The molecule has 0 amide bonds. The SMILES string of the molecule is Cc1ccccc1N(c1ccc(/C=C/c2ccc3c(c2)C(C)(C)c2cc(N(c4ccccc4)c4ccccc4)ccc2-3)cc1)c1ccc(-c2ccccc2)cc1. The van der Waals surface area contributed by atoms with Crippen LogP contribution in [-0.4, -0.2) is 0 Å². The van der Waals surface area contributed by atoms with Crippen LogP contribution in [0.4, 0.5) is 34.1 Å². The molecule has 270 valence electrons. The fraction of sp³-hybridized carbons (Fsp3) is 0.0741. The first-order chi connectivity index (χ1) is 27.4. The number of aryl methyl sites for hydroxylation is 1. The van der Waals surface area contributed by atoms with Gasteiger partial charge in [-0.3, -0.25) is 0 Å². The van der Waals surface area contributed by atoms with Gasteiger partial charge in [0, 0.05) is 39.5 Å². The maximum atomic E-state index is 2.39. The van der Waals surface area contributed by atoms with Crippen LogP contribution >= 0.6 is 0 Å². The van der Waals surface area contributed by atoms with Crippen molar-refractivity contribution in [1.29, 1.82) is 0 Å². The molecule has 1 aliphatic rings. The lowest BCUT2D eigenvalue weighted by atomic mass is 9.81. The van der Waals surface area contributed by atoms with E-state index in [0.29, 0.717) is 0 Å². The topological polar surface area (TPSA) is 6.48 Å². The molecule has 0 saturated carbocycles. The Morgan fingerprint density at radius 3 is 1.45 bits per heavy atom. The van der Waals surface area contributed by atoms with Crippen molar-refractivity contribution in [2.45, 2.75) is 26.2 Å². The third kappa shape index (κ3) is 6.61. The average molecular weight is 721 g/mol. The second kappa shape index (κ2) is 14.7. The van der Waals surface area contributed by atoms with Crippen molar-refractivity contribution in [2.75, 3.05) is 9.80 Å². The van der Waals surface area contributed by atoms with Gasteiger partial charge in [0.2, 0.25) is 0 Å². The monoisotopic (exact) mass is 720 g/mol. The number of anilines is 6. The summed E-state index contributed by atoms with van der Waals surface area (Å²) >= 11 is 0. The molecule has 56 heavy (non-hydrogen) atoms. The van der Waals surface area contributed by atoms with Gasteiger partial charge in [-0.25, -0.2) is 0 Å². The van der Waals surface area contributed by atoms with E-state index in [9.17, 15) is 0 Å². The van der Waals surface area contributed by atoms with Crippen LogP contribution in [-0.2, 0) is 5.41 Å². The Morgan fingerprint density at radius 1 is 0.375 bits per heavy atom. The molecule has 0 unspecified atom stereocenters. The van der Waals surface area contributed by atoms with E-state index in [1.54, 1.807) is 0 Å². The van der Waals surface area contributed by atoms with Gasteiger partial charge in [-0.15, -0.1) is 0 Å². The van der Waals surface area contributed by atoms with E-state index in [-0.39, 0.29) is 5.41 Å². The summed E-state index contributed by atoms with van der Waals surface area (Å²) in [6, 6.07) is 72.1. The zero-order chi connectivity index (χ0) is 38.1. The molecule has 0 heterocycles. The molecule has 8 aromatic carbocycles. The van der Waals surface area contributed by atoms with Crippen molar-refractivity contribution in [3.8, 4) is 22.3 Å². The quantitative estimate of drug-likeness (QED) is 0.137. The highest BCUT2D eigenvalue weighted by Crippen LogP contribution is 2.51. The molecule has 1 aliphatic carbocycles. The van der Waals surface area contributed by atoms with Gasteiger partial charge in [-0.2, -0.15) is 0 Å². The van der Waals surface area contributed by atoms with Crippen molar-refractivity contribution >= 4 is 46.3 Å². The maximum absolute atomic E-state index is 2.39. The van der Waals surface area contributed by atoms with E-state index in [4.69, 9.17) is 0 Å². The van der Waals surface area contributed by atoms with Crippen LogP contribution in [0.3, 0.4) is 0 Å². The Morgan fingerprint density at radius 2 is 0.821 bits per heavy atom. The van der Waals surface area contributed by atoms with E-state index < -0.39 is 0 Å². The molecule has 0 radical (unpaired) electrons. The number of benzene rings is 8. The summed E-state index contributed by atoms with van der Waals surface area (Å²) in [5.41, 5.74) is 18.1. The van der Waals surface area contributed by atoms with Gasteiger partial charge in [0.15, 0.2) is 0 Å². The van der Waals surface area contributed by atoms with Crippen LogP contribution < -0.4 is 9.80 Å². The summed E-state index contributed by atoms with van der Waals surface area (Å²) in [4.78, 5) is 4.70. The molecule has 0 fully saturated rings. The van der Waals surface area contributed by atoms with Crippen LogP contribution in [0.5, 0.6) is 0 Å². The van der Waals surface area contributed by atoms with Gasteiger partial charge in [-0.1, -0.05) is 159 Å². The summed E-state index contributed by atoms with van der Waals surface area (Å²) in [6.45, 7) is 6.90. The maximum Gasteiger partial charge on any atom is 0.0490 e. The Kier molecular flexibility index (Phi) is 9.17. The number of hydrogen-bond acceptors (Lipinski definition) is 2. The predicted octanol–water partition coefficient (Wildman–Crippen LogP) is 15.1. The minimum atomic E-state index is -0.149. The third-order valence-corrected chi connectivity index (χ3v) is 11.2. The first kappa shape index (κ1) is 34.8. The van der Waals surface area contributed by atoms with Gasteiger partial charge in [0.25, 0.3) is 0 Å². The molecule has 2 heteroatoms. The van der Waals surface area contributed by atoms with Gasteiger partial charge in [0.05, 0.1) is 0 Å². The first-order valence-corrected chi connectivity index (χ1v) is 19.4. The Bertz CT molecular complexity index is 2600. The van der Waals surface area contributed by atoms with E-state index in [0.717, 1.165) is 34.0 Å². The summed E-state index contributed by atoms with van der Waals surface area (Å²) in [5.74, 6) is 0. The molecule has 0 saturated heterocycles. The number of nitrogens with zero attached hydrogens (tertiary/aromatic N) is 2. The van der Waals surface area contributed by atoms with Crippen molar-refractivity contribution in [3.63, 3.8) is 0 Å². The van der Waals surface area contributed by atoms with Gasteiger partial charge in [0.1, 0.15) is 0 Å². The van der Waals surface area contributed by atoms with E-state index in [1.165, 1.54) is 50.2 Å². The van der Waals surface area contributed by atoms with E-state index in [1.807, 2.05) is 0 Å². The van der Waals surface area contributed by atoms with Gasteiger partial charge in [-0.05, 0) is 124 Å². The predicted molar refractivity (Wildman–Crippen MR) is 239 cm³/mol. The molecule has 0 N–H and O–H groups in total. The van der Waals surface area contributed by atoms with Crippen LogP contribution in [0.2, 0.25) is 0 Å². The molecule has 0 aliphatic heterocycles. The summed E-state index contributed by atoms with van der Waals surface area (Å²) in [7, 11) is 0. The fourth-order valence-corrected chi connectivity index (χ4v) is 8.19. The third-order valence-electron chi connectivity index (χ3n) is 11.2. The Balaban J connectivity index is 0.986. The van der Waals surface area contributed by atoms with Crippen LogP contribution in [0.15, 0.2) is 200 Å². The van der Waals surface area contributed by atoms with E-state index in [2.05, 4.69) is 243 Å². The van der Waals surface area contributed by atoms with E-state index >= 15 is 0 Å². The Hall–Kier alpha value is -6.90. The molecular weight excluding hydrogens is 677 g/mol. The Labute approximate surface area is 331 Å². The molecule has 0 aromatic heterocycles. The molecule has 8 aromatic rings. The number of rotatable bonds is 9. The summed E-state index contributed by atoms with van der Waals surface area (Å²) in [6.07, 6.45) is 4.47. The molecular formula is C54H44N2.